The molecular formula is C27H28N4O5S. The molecule has 0 saturated carbocycles. The number of carbonyl (C=O) groups excluding carboxylic acids is 1. The molecule has 0 aliphatic carbocycles. The molecule has 10 heteroatoms. The molecule has 1 aromatic heterocycles. The van der Waals surface area contributed by atoms with E-state index in [1.54, 1.807) is 85.4 Å². The van der Waals surface area contributed by atoms with Crippen molar-refractivity contribution in [2.45, 2.75) is 18.7 Å². The summed E-state index contributed by atoms with van der Waals surface area (Å²) in [6, 6.07) is 23.4. The second-order valence-corrected chi connectivity index (χ2v) is 10.1. The van der Waals surface area contributed by atoms with Gasteiger partial charge in [0.1, 0.15) is 18.0 Å². The molecule has 9 nitrogen and oxygen atoms in total. The molecular weight excluding hydrogens is 492 g/mol. The molecule has 0 aliphatic rings. The van der Waals surface area contributed by atoms with Gasteiger partial charge < -0.3 is 10.1 Å². The van der Waals surface area contributed by atoms with E-state index >= 15 is 0 Å². The second-order valence-electron chi connectivity index (χ2n) is 8.24. The smallest absolute Gasteiger partial charge is 0.296 e. The molecule has 1 heterocycles. The quantitative estimate of drug-likeness (QED) is 0.362. The van der Waals surface area contributed by atoms with Crippen LogP contribution in [0.1, 0.15) is 12.6 Å². The lowest BCUT2D eigenvalue weighted by molar-refractivity contribution is -0.114. The van der Waals surface area contributed by atoms with Gasteiger partial charge in [-0.05, 0) is 62.4 Å². The summed E-state index contributed by atoms with van der Waals surface area (Å²) in [5.41, 5.74) is 0.774. The van der Waals surface area contributed by atoms with E-state index in [2.05, 4.69) is 5.32 Å². The molecule has 4 rings (SSSR count). The first-order valence-electron chi connectivity index (χ1n) is 11.7. The van der Waals surface area contributed by atoms with E-state index < -0.39 is 28.0 Å². The van der Waals surface area contributed by atoms with Gasteiger partial charge in [-0.25, -0.2) is 17.4 Å². The Balaban J connectivity index is 1.76. The summed E-state index contributed by atoms with van der Waals surface area (Å²) < 4.78 is 36.8. The number of amides is 1. The van der Waals surface area contributed by atoms with Crippen molar-refractivity contribution >= 4 is 27.3 Å². The van der Waals surface area contributed by atoms with Crippen molar-refractivity contribution in [2.75, 3.05) is 22.8 Å². The number of anilines is 2. The summed E-state index contributed by atoms with van der Waals surface area (Å²) in [6.45, 7) is 3.43. The third kappa shape index (κ3) is 5.29. The second kappa shape index (κ2) is 10.8. The molecule has 0 bridgehead atoms. The van der Waals surface area contributed by atoms with E-state index in [9.17, 15) is 18.0 Å². The SMILES string of the molecule is CCOc1ccc(NC(=O)CN(c2c(C)n(C)n(-c3ccccc3)c2=O)S(=O)(=O)c2ccccc2)cc1. The van der Waals surface area contributed by atoms with Gasteiger partial charge in [0.15, 0.2) is 0 Å². The fourth-order valence-corrected chi connectivity index (χ4v) is 5.47. The van der Waals surface area contributed by atoms with E-state index in [1.807, 2.05) is 13.0 Å². The first kappa shape index (κ1) is 25.8. The van der Waals surface area contributed by atoms with Crippen LogP contribution in [0.5, 0.6) is 5.75 Å². The number of hydrogen-bond donors (Lipinski definition) is 1. The predicted octanol–water partition coefficient (Wildman–Crippen LogP) is 3.72. The zero-order chi connectivity index (χ0) is 26.6. The summed E-state index contributed by atoms with van der Waals surface area (Å²) >= 11 is 0. The number of nitrogens with one attached hydrogen (secondary N) is 1. The van der Waals surface area contributed by atoms with E-state index in [4.69, 9.17) is 4.74 Å². The number of benzene rings is 3. The summed E-state index contributed by atoms with van der Waals surface area (Å²) in [5, 5.41) is 2.71. The standard InChI is InChI=1S/C27H28N4O5S/c1-4-36-23-17-15-21(16-18-23)28-25(32)19-30(37(34,35)24-13-9-6-10-14-24)26-20(2)29(3)31(27(26)33)22-11-7-5-8-12-22/h5-18H,4,19H2,1-3H3,(H,28,32). The minimum atomic E-state index is -4.26. The van der Waals surface area contributed by atoms with Crippen LogP contribution in [-0.2, 0) is 21.9 Å². The normalized spacial score (nSPS) is 11.2. The topological polar surface area (TPSA) is 103 Å². The third-order valence-electron chi connectivity index (χ3n) is 5.84. The van der Waals surface area contributed by atoms with Crippen LogP contribution in [0.25, 0.3) is 5.69 Å². The number of sulfonamides is 1. The Bertz CT molecular complexity index is 1540. The monoisotopic (exact) mass is 520 g/mol. The Hall–Kier alpha value is -4.31. The lowest BCUT2D eigenvalue weighted by atomic mass is 10.3. The lowest BCUT2D eigenvalue weighted by Crippen LogP contribution is -2.41. The van der Waals surface area contributed by atoms with Crippen molar-refractivity contribution < 1.29 is 17.9 Å². The Morgan fingerprint density at radius 2 is 1.54 bits per heavy atom. The van der Waals surface area contributed by atoms with Crippen LogP contribution in [0.3, 0.4) is 0 Å². The minimum Gasteiger partial charge on any atom is -0.494 e. The summed E-state index contributed by atoms with van der Waals surface area (Å²) in [5.74, 6) is 0.0488. The third-order valence-corrected chi connectivity index (χ3v) is 7.60. The van der Waals surface area contributed by atoms with Crippen molar-refractivity contribution in [3.8, 4) is 11.4 Å². The molecule has 0 radical (unpaired) electrons. The molecule has 0 aliphatic heterocycles. The van der Waals surface area contributed by atoms with Crippen LogP contribution in [0.15, 0.2) is 94.6 Å². The highest BCUT2D eigenvalue weighted by Gasteiger charge is 2.33. The number of para-hydroxylation sites is 1. The number of rotatable bonds is 9. The predicted molar refractivity (Wildman–Crippen MR) is 143 cm³/mol. The molecule has 1 N–H and O–H groups in total. The number of nitrogens with zero attached hydrogens (tertiary/aromatic N) is 3. The van der Waals surface area contributed by atoms with E-state index in [1.165, 1.54) is 16.8 Å². The first-order chi connectivity index (χ1) is 17.7. The Morgan fingerprint density at radius 3 is 2.14 bits per heavy atom. The van der Waals surface area contributed by atoms with Crippen LogP contribution >= 0.6 is 0 Å². The molecule has 192 valence electrons. The van der Waals surface area contributed by atoms with Gasteiger partial charge >= 0.3 is 0 Å². The van der Waals surface area contributed by atoms with E-state index in [-0.39, 0.29) is 10.6 Å². The summed E-state index contributed by atoms with van der Waals surface area (Å²) in [7, 11) is -2.59. The zero-order valence-electron chi connectivity index (χ0n) is 20.8. The van der Waals surface area contributed by atoms with E-state index in [0.29, 0.717) is 29.4 Å². The van der Waals surface area contributed by atoms with Gasteiger partial charge in [0.05, 0.1) is 22.9 Å². The van der Waals surface area contributed by atoms with Crippen LogP contribution < -0.4 is 19.9 Å². The summed E-state index contributed by atoms with van der Waals surface area (Å²) in [6.07, 6.45) is 0. The summed E-state index contributed by atoms with van der Waals surface area (Å²) in [4.78, 5) is 26.7. The molecule has 0 saturated heterocycles. The van der Waals surface area contributed by atoms with Crippen LogP contribution in [0.4, 0.5) is 11.4 Å². The maximum Gasteiger partial charge on any atom is 0.296 e. The average molecular weight is 521 g/mol. The van der Waals surface area contributed by atoms with Crippen molar-refractivity contribution in [3.05, 3.63) is 101 Å². The van der Waals surface area contributed by atoms with Crippen LogP contribution in [-0.4, -0.2) is 36.8 Å². The van der Waals surface area contributed by atoms with Crippen molar-refractivity contribution in [1.29, 1.82) is 0 Å². The van der Waals surface area contributed by atoms with Crippen molar-refractivity contribution in [3.63, 3.8) is 0 Å². The van der Waals surface area contributed by atoms with Gasteiger partial charge in [-0.3, -0.25) is 14.3 Å². The van der Waals surface area contributed by atoms with Gasteiger partial charge in [-0.2, -0.15) is 0 Å². The number of hydrogen-bond acceptors (Lipinski definition) is 5. The highest BCUT2D eigenvalue weighted by atomic mass is 32.2. The molecule has 0 fully saturated rings. The van der Waals surface area contributed by atoms with Crippen LogP contribution in [0, 0.1) is 6.92 Å². The van der Waals surface area contributed by atoms with Gasteiger partial charge in [0.2, 0.25) is 5.91 Å². The van der Waals surface area contributed by atoms with Gasteiger partial charge in [-0.15, -0.1) is 0 Å². The maximum absolute atomic E-state index is 13.8. The molecule has 37 heavy (non-hydrogen) atoms. The van der Waals surface area contributed by atoms with Gasteiger partial charge in [0.25, 0.3) is 15.6 Å². The first-order valence-corrected chi connectivity index (χ1v) is 13.1. The highest BCUT2D eigenvalue weighted by molar-refractivity contribution is 7.92. The lowest BCUT2D eigenvalue weighted by Gasteiger charge is -2.23. The largest absolute Gasteiger partial charge is 0.494 e. The Labute approximate surface area is 215 Å². The van der Waals surface area contributed by atoms with Crippen LogP contribution in [0.2, 0.25) is 0 Å². The fraction of sp³-hybridized carbons (Fsp3) is 0.185. The Morgan fingerprint density at radius 1 is 0.946 bits per heavy atom. The average Bonchev–Trinajstić information content (AvgIpc) is 3.12. The fourth-order valence-electron chi connectivity index (χ4n) is 3.98. The van der Waals surface area contributed by atoms with Crippen molar-refractivity contribution in [2.24, 2.45) is 7.05 Å². The molecule has 4 aromatic rings. The Kier molecular flexibility index (Phi) is 7.49. The molecule has 1 amide bonds. The highest BCUT2D eigenvalue weighted by Crippen LogP contribution is 2.26. The van der Waals surface area contributed by atoms with Crippen molar-refractivity contribution in [1.82, 2.24) is 9.36 Å². The number of ether oxygens (including phenoxy) is 1. The molecule has 3 aromatic carbocycles. The maximum atomic E-state index is 13.8. The number of carbonyl (C=O) groups is 1. The molecule has 0 atom stereocenters. The molecule has 0 spiro atoms. The minimum absolute atomic E-state index is 0.0298. The van der Waals surface area contributed by atoms with E-state index in [0.717, 1.165) is 4.31 Å². The van der Waals surface area contributed by atoms with Gasteiger partial charge in [0, 0.05) is 12.7 Å². The molecule has 0 unspecified atom stereocenters. The number of aromatic nitrogens is 2. The zero-order valence-corrected chi connectivity index (χ0v) is 21.6. The van der Waals surface area contributed by atoms with Gasteiger partial charge in [-0.1, -0.05) is 36.4 Å².